The van der Waals surface area contributed by atoms with Gasteiger partial charge in [0.2, 0.25) is 0 Å². The van der Waals surface area contributed by atoms with Gasteiger partial charge in [-0.15, -0.1) is 11.8 Å². The SMILES string of the molecule is CCNCc1cc(F)ccc1SCCC(=O)OC. The van der Waals surface area contributed by atoms with Crippen molar-refractivity contribution in [1.82, 2.24) is 5.32 Å². The first kappa shape index (κ1) is 15.0. The molecule has 0 saturated carbocycles. The summed E-state index contributed by atoms with van der Waals surface area (Å²) < 4.78 is 17.7. The van der Waals surface area contributed by atoms with Crippen LogP contribution in [0.15, 0.2) is 23.1 Å². The number of carbonyl (C=O) groups is 1. The molecule has 0 atom stereocenters. The molecule has 0 saturated heterocycles. The van der Waals surface area contributed by atoms with E-state index >= 15 is 0 Å². The molecule has 0 heterocycles. The molecule has 1 N–H and O–H groups in total. The fourth-order valence-electron chi connectivity index (χ4n) is 1.43. The van der Waals surface area contributed by atoms with Crippen LogP contribution in [0, 0.1) is 5.82 Å². The normalized spacial score (nSPS) is 10.4. The zero-order chi connectivity index (χ0) is 13.4. The van der Waals surface area contributed by atoms with Crippen LogP contribution in [0.2, 0.25) is 0 Å². The molecule has 0 aliphatic carbocycles. The lowest BCUT2D eigenvalue weighted by molar-refractivity contribution is -0.140. The zero-order valence-electron chi connectivity index (χ0n) is 10.7. The van der Waals surface area contributed by atoms with Gasteiger partial charge in [0, 0.05) is 17.2 Å². The molecule has 0 unspecified atom stereocenters. The summed E-state index contributed by atoms with van der Waals surface area (Å²) >= 11 is 1.54. The van der Waals surface area contributed by atoms with Crippen LogP contribution >= 0.6 is 11.8 Å². The van der Waals surface area contributed by atoms with Crippen molar-refractivity contribution < 1.29 is 13.9 Å². The molecular formula is C13H18FNO2S. The summed E-state index contributed by atoms with van der Waals surface area (Å²) in [5.74, 6) is 0.176. The Morgan fingerprint density at radius 2 is 2.28 bits per heavy atom. The van der Waals surface area contributed by atoms with Gasteiger partial charge in [0.25, 0.3) is 0 Å². The van der Waals surface area contributed by atoms with E-state index in [0.29, 0.717) is 18.7 Å². The summed E-state index contributed by atoms with van der Waals surface area (Å²) in [6, 6.07) is 4.73. The lowest BCUT2D eigenvalue weighted by Crippen LogP contribution is -2.12. The first-order valence-electron chi connectivity index (χ1n) is 5.86. The molecule has 0 aliphatic rings. The number of rotatable bonds is 7. The van der Waals surface area contributed by atoms with E-state index in [0.717, 1.165) is 17.0 Å². The van der Waals surface area contributed by atoms with Crippen molar-refractivity contribution in [3.63, 3.8) is 0 Å². The molecule has 0 radical (unpaired) electrons. The Morgan fingerprint density at radius 1 is 1.50 bits per heavy atom. The van der Waals surface area contributed by atoms with Crippen LogP contribution in [-0.2, 0) is 16.1 Å². The zero-order valence-corrected chi connectivity index (χ0v) is 11.5. The Morgan fingerprint density at radius 3 is 2.94 bits per heavy atom. The van der Waals surface area contributed by atoms with Gasteiger partial charge in [0.1, 0.15) is 5.82 Å². The first-order chi connectivity index (χ1) is 8.67. The van der Waals surface area contributed by atoms with Crippen molar-refractivity contribution in [3.05, 3.63) is 29.6 Å². The molecule has 0 aliphatic heterocycles. The monoisotopic (exact) mass is 271 g/mol. The van der Waals surface area contributed by atoms with Gasteiger partial charge in [-0.05, 0) is 30.3 Å². The highest BCUT2D eigenvalue weighted by atomic mass is 32.2. The second kappa shape index (κ2) is 8.11. The number of ether oxygens (including phenoxy) is 1. The molecule has 18 heavy (non-hydrogen) atoms. The van der Waals surface area contributed by atoms with Gasteiger partial charge in [-0.2, -0.15) is 0 Å². The predicted octanol–water partition coefficient (Wildman–Crippen LogP) is 2.59. The van der Waals surface area contributed by atoms with Gasteiger partial charge >= 0.3 is 5.97 Å². The quantitative estimate of drug-likeness (QED) is 0.611. The van der Waals surface area contributed by atoms with Crippen molar-refractivity contribution in [2.75, 3.05) is 19.4 Å². The summed E-state index contributed by atoms with van der Waals surface area (Å²) in [5, 5.41) is 3.17. The molecule has 0 bridgehead atoms. The number of carbonyl (C=O) groups excluding carboxylic acids is 1. The van der Waals surface area contributed by atoms with E-state index in [9.17, 15) is 9.18 Å². The number of esters is 1. The third-order valence-electron chi connectivity index (χ3n) is 2.38. The van der Waals surface area contributed by atoms with E-state index in [-0.39, 0.29) is 11.8 Å². The second-order valence-corrected chi connectivity index (χ2v) is 4.84. The molecular weight excluding hydrogens is 253 g/mol. The number of nitrogens with one attached hydrogen (secondary N) is 1. The van der Waals surface area contributed by atoms with Crippen molar-refractivity contribution in [2.45, 2.75) is 24.8 Å². The van der Waals surface area contributed by atoms with Crippen molar-refractivity contribution in [1.29, 1.82) is 0 Å². The Kier molecular flexibility index (Phi) is 6.75. The number of thioether (sulfide) groups is 1. The average molecular weight is 271 g/mol. The van der Waals surface area contributed by atoms with Crippen LogP contribution in [0.3, 0.4) is 0 Å². The standard InChI is InChI=1S/C13H18FNO2S/c1-3-15-9-10-8-11(14)4-5-12(10)18-7-6-13(16)17-2/h4-5,8,15H,3,6-7,9H2,1-2H3. The first-order valence-corrected chi connectivity index (χ1v) is 6.84. The maximum atomic E-state index is 13.2. The van der Waals surface area contributed by atoms with Crippen LogP contribution in [0.25, 0.3) is 0 Å². The van der Waals surface area contributed by atoms with E-state index in [2.05, 4.69) is 10.1 Å². The van der Waals surface area contributed by atoms with Crippen LogP contribution in [0.1, 0.15) is 18.9 Å². The van der Waals surface area contributed by atoms with E-state index in [1.807, 2.05) is 6.92 Å². The van der Waals surface area contributed by atoms with Crippen molar-refractivity contribution >= 4 is 17.7 Å². The van der Waals surface area contributed by atoms with Gasteiger partial charge < -0.3 is 10.1 Å². The van der Waals surface area contributed by atoms with Crippen LogP contribution < -0.4 is 5.32 Å². The van der Waals surface area contributed by atoms with Gasteiger partial charge in [-0.3, -0.25) is 4.79 Å². The predicted molar refractivity (Wildman–Crippen MR) is 71.1 cm³/mol. The smallest absolute Gasteiger partial charge is 0.306 e. The number of halogens is 1. The molecule has 0 aromatic heterocycles. The van der Waals surface area contributed by atoms with E-state index in [1.165, 1.54) is 19.2 Å². The topological polar surface area (TPSA) is 38.3 Å². The fraction of sp³-hybridized carbons (Fsp3) is 0.462. The molecule has 1 rings (SSSR count). The molecule has 1 aromatic carbocycles. The van der Waals surface area contributed by atoms with E-state index < -0.39 is 0 Å². The summed E-state index contributed by atoms with van der Waals surface area (Å²) in [5.41, 5.74) is 0.923. The lowest BCUT2D eigenvalue weighted by Gasteiger charge is -2.09. The number of hydrogen-bond acceptors (Lipinski definition) is 4. The molecule has 1 aromatic rings. The van der Waals surface area contributed by atoms with E-state index in [4.69, 9.17) is 0 Å². The highest BCUT2D eigenvalue weighted by Gasteiger charge is 2.06. The molecule has 0 fully saturated rings. The maximum Gasteiger partial charge on any atom is 0.306 e. The van der Waals surface area contributed by atoms with Crippen molar-refractivity contribution in [3.8, 4) is 0 Å². The summed E-state index contributed by atoms with van der Waals surface area (Å²) in [4.78, 5) is 12.0. The third-order valence-corrected chi connectivity index (χ3v) is 3.50. The summed E-state index contributed by atoms with van der Waals surface area (Å²) in [7, 11) is 1.38. The largest absolute Gasteiger partial charge is 0.469 e. The number of methoxy groups -OCH3 is 1. The molecule has 3 nitrogen and oxygen atoms in total. The highest BCUT2D eigenvalue weighted by Crippen LogP contribution is 2.24. The van der Waals surface area contributed by atoms with Gasteiger partial charge in [0.05, 0.1) is 13.5 Å². The Bertz CT molecular complexity index is 399. The van der Waals surface area contributed by atoms with Crippen molar-refractivity contribution in [2.24, 2.45) is 0 Å². The minimum atomic E-state index is -0.236. The van der Waals surface area contributed by atoms with Crippen LogP contribution in [0.5, 0.6) is 0 Å². The summed E-state index contributed by atoms with van der Waals surface area (Å²) in [6.07, 6.45) is 0.360. The maximum absolute atomic E-state index is 13.2. The molecule has 0 spiro atoms. The summed E-state index contributed by atoms with van der Waals surface area (Å²) in [6.45, 7) is 3.47. The van der Waals surface area contributed by atoms with Gasteiger partial charge in [-0.25, -0.2) is 4.39 Å². The fourth-order valence-corrected chi connectivity index (χ4v) is 2.40. The lowest BCUT2D eigenvalue weighted by atomic mass is 10.2. The van der Waals surface area contributed by atoms with Gasteiger partial charge in [-0.1, -0.05) is 6.92 Å². The van der Waals surface area contributed by atoms with Crippen LogP contribution in [0.4, 0.5) is 4.39 Å². The van der Waals surface area contributed by atoms with Gasteiger partial charge in [0.15, 0.2) is 0 Å². The Balaban J connectivity index is 2.60. The second-order valence-electron chi connectivity index (χ2n) is 3.71. The third kappa shape index (κ3) is 5.06. The Hall–Kier alpha value is -1.07. The minimum Gasteiger partial charge on any atom is -0.469 e. The molecule has 100 valence electrons. The van der Waals surface area contributed by atoms with E-state index in [1.54, 1.807) is 17.8 Å². The Labute approximate surface area is 111 Å². The number of hydrogen-bond donors (Lipinski definition) is 1. The number of benzene rings is 1. The minimum absolute atomic E-state index is 0.224. The molecule has 5 heteroatoms. The highest BCUT2D eigenvalue weighted by molar-refractivity contribution is 7.99. The van der Waals surface area contributed by atoms with Crippen LogP contribution in [-0.4, -0.2) is 25.4 Å². The molecule has 0 amide bonds. The average Bonchev–Trinajstić information content (AvgIpc) is 2.38.